The van der Waals surface area contributed by atoms with Crippen molar-refractivity contribution < 1.29 is 8.78 Å². The molecule has 1 aromatic heterocycles. The van der Waals surface area contributed by atoms with Crippen molar-refractivity contribution in [1.82, 2.24) is 4.98 Å². The van der Waals surface area contributed by atoms with Gasteiger partial charge in [-0.15, -0.1) is 0 Å². The Kier molecular flexibility index (Phi) is 2.61. The van der Waals surface area contributed by atoms with Crippen LogP contribution in [-0.2, 0) is 0 Å². The quantitative estimate of drug-likeness (QED) is 0.688. The molecule has 2 nitrogen and oxygen atoms in total. The summed E-state index contributed by atoms with van der Waals surface area (Å²) in [6.07, 6.45) is 4.35. The van der Waals surface area contributed by atoms with E-state index in [1.807, 2.05) is 4.90 Å². The van der Waals surface area contributed by atoms with E-state index in [2.05, 4.69) is 4.98 Å². The smallest absolute Gasteiger partial charge is 0.168 e. The van der Waals surface area contributed by atoms with Gasteiger partial charge in [0.1, 0.15) is 5.82 Å². The van der Waals surface area contributed by atoms with Gasteiger partial charge in [-0.1, -0.05) is 0 Å². The summed E-state index contributed by atoms with van der Waals surface area (Å²) in [7, 11) is 0. The first-order valence-corrected chi connectivity index (χ1v) is 4.83. The molecule has 0 spiro atoms. The lowest BCUT2D eigenvalue weighted by molar-refractivity contribution is 0.536. The van der Waals surface area contributed by atoms with Gasteiger partial charge in [0.05, 0.1) is 6.20 Å². The van der Waals surface area contributed by atoms with Gasteiger partial charge in [-0.2, -0.15) is 0 Å². The molecule has 1 aliphatic heterocycles. The van der Waals surface area contributed by atoms with E-state index in [0.717, 1.165) is 38.2 Å². The lowest BCUT2D eigenvalue weighted by Gasteiger charge is -2.27. The predicted molar refractivity (Wildman–Crippen MR) is 50.2 cm³/mol. The Balaban J connectivity index is 2.22. The van der Waals surface area contributed by atoms with Crippen LogP contribution in [0.2, 0.25) is 0 Å². The topological polar surface area (TPSA) is 16.1 Å². The minimum Gasteiger partial charge on any atom is -0.354 e. The van der Waals surface area contributed by atoms with Gasteiger partial charge in [-0.25, -0.2) is 13.8 Å². The minimum atomic E-state index is -0.622. The molecule has 1 saturated heterocycles. The number of hydrogen-bond donors (Lipinski definition) is 0. The molecule has 0 N–H and O–H groups in total. The normalized spacial score (nSPS) is 17.1. The van der Waals surface area contributed by atoms with E-state index in [1.54, 1.807) is 0 Å². The molecule has 2 heterocycles. The molecule has 1 aromatic rings. The number of hydrogen-bond acceptors (Lipinski definition) is 2. The van der Waals surface area contributed by atoms with E-state index in [1.165, 1.54) is 6.42 Å². The van der Waals surface area contributed by atoms with Crippen LogP contribution in [-0.4, -0.2) is 18.1 Å². The molecule has 0 bridgehead atoms. The molecule has 4 heteroatoms. The third-order valence-electron chi connectivity index (χ3n) is 2.44. The first-order valence-electron chi connectivity index (χ1n) is 4.83. The second kappa shape index (κ2) is 3.90. The van der Waals surface area contributed by atoms with Crippen molar-refractivity contribution in [2.24, 2.45) is 0 Å². The average Bonchev–Trinajstić information content (AvgIpc) is 2.19. The van der Waals surface area contributed by atoms with Crippen molar-refractivity contribution in [3.63, 3.8) is 0 Å². The summed E-state index contributed by atoms with van der Waals surface area (Å²) in [5.74, 6) is -0.902. The van der Waals surface area contributed by atoms with Crippen molar-refractivity contribution in [3.05, 3.63) is 23.9 Å². The van der Waals surface area contributed by atoms with Gasteiger partial charge < -0.3 is 4.90 Å². The van der Waals surface area contributed by atoms with E-state index in [4.69, 9.17) is 0 Å². The zero-order chi connectivity index (χ0) is 9.97. The van der Waals surface area contributed by atoms with Gasteiger partial charge in [0.15, 0.2) is 11.6 Å². The number of aromatic nitrogens is 1. The van der Waals surface area contributed by atoms with Gasteiger partial charge in [-0.3, -0.25) is 0 Å². The number of anilines is 1. The largest absolute Gasteiger partial charge is 0.354 e. The van der Waals surface area contributed by atoms with Crippen LogP contribution >= 0.6 is 0 Å². The molecule has 0 unspecified atom stereocenters. The fraction of sp³-hybridized carbons (Fsp3) is 0.500. The predicted octanol–water partition coefficient (Wildman–Crippen LogP) is 2.35. The van der Waals surface area contributed by atoms with Crippen LogP contribution in [0.3, 0.4) is 0 Å². The fourth-order valence-corrected chi connectivity index (χ4v) is 1.75. The van der Waals surface area contributed by atoms with Gasteiger partial charge in [0.2, 0.25) is 0 Å². The Morgan fingerprint density at radius 1 is 1.14 bits per heavy atom. The molecule has 1 aliphatic rings. The van der Waals surface area contributed by atoms with Gasteiger partial charge in [0.25, 0.3) is 0 Å². The van der Waals surface area contributed by atoms with Crippen LogP contribution in [0.15, 0.2) is 12.3 Å². The standard InChI is InChI=1S/C10H12F2N2/c11-8-6-9(12)10(13-7-8)14-4-2-1-3-5-14/h6-7H,1-5H2. The first kappa shape index (κ1) is 9.37. The van der Waals surface area contributed by atoms with E-state index in [9.17, 15) is 8.78 Å². The number of halogens is 2. The first-order chi connectivity index (χ1) is 6.77. The fourth-order valence-electron chi connectivity index (χ4n) is 1.75. The van der Waals surface area contributed by atoms with Crippen molar-refractivity contribution in [2.45, 2.75) is 19.3 Å². The van der Waals surface area contributed by atoms with E-state index < -0.39 is 11.6 Å². The third kappa shape index (κ3) is 1.84. The Hall–Kier alpha value is -1.19. The summed E-state index contributed by atoms with van der Waals surface area (Å²) in [5, 5.41) is 0. The second-order valence-electron chi connectivity index (χ2n) is 3.51. The highest BCUT2D eigenvalue weighted by Crippen LogP contribution is 2.20. The molecule has 14 heavy (non-hydrogen) atoms. The van der Waals surface area contributed by atoms with Crippen molar-refractivity contribution in [2.75, 3.05) is 18.0 Å². The number of piperidine rings is 1. The molecule has 0 radical (unpaired) electrons. The molecular formula is C10H12F2N2. The summed E-state index contributed by atoms with van der Waals surface area (Å²) in [4.78, 5) is 5.65. The molecular weight excluding hydrogens is 186 g/mol. The summed E-state index contributed by atoms with van der Waals surface area (Å²) >= 11 is 0. The minimum absolute atomic E-state index is 0.283. The van der Waals surface area contributed by atoms with Crippen LogP contribution < -0.4 is 4.90 Å². The molecule has 2 rings (SSSR count). The third-order valence-corrected chi connectivity index (χ3v) is 2.44. The van der Waals surface area contributed by atoms with Crippen molar-refractivity contribution >= 4 is 5.82 Å². The van der Waals surface area contributed by atoms with Gasteiger partial charge in [-0.05, 0) is 19.3 Å². The highest BCUT2D eigenvalue weighted by Gasteiger charge is 2.16. The maximum atomic E-state index is 13.3. The average molecular weight is 198 g/mol. The Morgan fingerprint density at radius 2 is 1.86 bits per heavy atom. The molecule has 1 fully saturated rings. The van der Waals surface area contributed by atoms with Crippen molar-refractivity contribution in [1.29, 1.82) is 0 Å². The number of pyridine rings is 1. The van der Waals surface area contributed by atoms with Crippen LogP contribution in [0.25, 0.3) is 0 Å². The zero-order valence-corrected chi connectivity index (χ0v) is 7.84. The summed E-state index contributed by atoms with van der Waals surface area (Å²) in [6.45, 7) is 1.63. The Bertz CT molecular complexity index is 322. The van der Waals surface area contributed by atoms with E-state index in [-0.39, 0.29) is 5.82 Å². The maximum absolute atomic E-state index is 13.3. The van der Waals surface area contributed by atoms with Crippen LogP contribution in [0.1, 0.15) is 19.3 Å². The number of nitrogens with zero attached hydrogens (tertiary/aromatic N) is 2. The summed E-state index contributed by atoms with van der Waals surface area (Å²) in [6, 6.07) is 0.886. The number of rotatable bonds is 1. The second-order valence-corrected chi connectivity index (χ2v) is 3.51. The zero-order valence-electron chi connectivity index (χ0n) is 7.84. The lowest BCUT2D eigenvalue weighted by Crippen LogP contribution is -2.31. The van der Waals surface area contributed by atoms with Crippen LogP contribution in [0.5, 0.6) is 0 Å². The molecule has 0 atom stereocenters. The molecule has 0 amide bonds. The summed E-state index contributed by atoms with van der Waals surface area (Å²) < 4.78 is 25.9. The summed E-state index contributed by atoms with van der Waals surface area (Å²) in [5.41, 5.74) is 0. The maximum Gasteiger partial charge on any atom is 0.168 e. The Labute approximate surface area is 81.6 Å². The molecule has 0 aromatic carbocycles. The van der Waals surface area contributed by atoms with Gasteiger partial charge in [0, 0.05) is 19.2 Å². The molecule has 0 aliphatic carbocycles. The SMILES string of the molecule is Fc1cnc(N2CCCCC2)c(F)c1. The van der Waals surface area contributed by atoms with Crippen molar-refractivity contribution in [3.8, 4) is 0 Å². The van der Waals surface area contributed by atoms with E-state index in [0.29, 0.717) is 0 Å². The highest BCUT2D eigenvalue weighted by molar-refractivity contribution is 5.39. The molecule has 76 valence electrons. The van der Waals surface area contributed by atoms with Crippen LogP contribution in [0.4, 0.5) is 14.6 Å². The monoisotopic (exact) mass is 198 g/mol. The van der Waals surface area contributed by atoms with Gasteiger partial charge >= 0.3 is 0 Å². The highest BCUT2D eigenvalue weighted by atomic mass is 19.1. The van der Waals surface area contributed by atoms with E-state index >= 15 is 0 Å². The lowest BCUT2D eigenvalue weighted by atomic mass is 10.1. The molecule has 0 saturated carbocycles. The Morgan fingerprint density at radius 3 is 2.50 bits per heavy atom. The van der Waals surface area contributed by atoms with Crippen LogP contribution in [0, 0.1) is 11.6 Å².